The maximum absolute atomic E-state index is 10.6. The van der Waals surface area contributed by atoms with Crippen molar-refractivity contribution >= 4 is 23.7 Å². The van der Waals surface area contributed by atoms with Gasteiger partial charge in [-0.25, -0.2) is 0 Å². The molecule has 1 N–H and O–H groups in total. The van der Waals surface area contributed by atoms with Gasteiger partial charge in [0.05, 0.1) is 17.8 Å². The average molecular weight is 621 g/mol. The molecule has 0 aliphatic rings. The largest absolute Gasteiger partial charge is 0.410 e. The first-order valence-corrected chi connectivity index (χ1v) is 21.0. The molecule has 238 valence electrons. The van der Waals surface area contributed by atoms with Crippen molar-refractivity contribution in [2.45, 2.75) is 132 Å². The third-order valence-corrected chi connectivity index (χ3v) is 9.47. The van der Waals surface area contributed by atoms with Gasteiger partial charge in [0.1, 0.15) is 0 Å². The molecule has 0 saturated carbocycles. The molecular formula is C38H60O3Si2. The second-order valence-corrected chi connectivity index (χ2v) is 18.8. The minimum atomic E-state index is -0.919. The summed E-state index contributed by atoms with van der Waals surface area (Å²) in [5, 5.41) is 10.6. The Morgan fingerprint density at radius 2 is 1.28 bits per heavy atom. The fourth-order valence-corrected chi connectivity index (χ4v) is 7.25. The first-order valence-electron chi connectivity index (χ1n) is 16.1. The summed E-state index contributed by atoms with van der Waals surface area (Å²) in [5.74, 6) is 0. The number of aryl methyl sites for hydroxylation is 2. The van der Waals surface area contributed by atoms with Gasteiger partial charge >= 0.3 is 0 Å². The standard InChI is InChI=1S/C38H60O3Si2/c1-14-38(39,15-2)25-17-18-28(3)31-20-16-19-29(26-31)21-22-30-23-24-32(34(36(4,5)6)40-42(10)11)33(27-30)35(37(7,8)9)41-43(12)13/h16-20,23-27,34-35,39H,14-15,21-22H2,1-13H3. The van der Waals surface area contributed by atoms with Gasteiger partial charge in [0.25, 0.3) is 0 Å². The van der Waals surface area contributed by atoms with Crippen LogP contribution in [0.15, 0.2) is 60.7 Å². The van der Waals surface area contributed by atoms with Gasteiger partial charge in [0.15, 0.2) is 0 Å². The quantitative estimate of drug-likeness (QED) is 0.169. The van der Waals surface area contributed by atoms with E-state index in [2.05, 4.69) is 123 Å². The zero-order chi connectivity index (χ0) is 32.6. The number of rotatable bonds is 14. The number of allylic oxidation sites excluding steroid dienone is 3. The van der Waals surface area contributed by atoms with Crippen LogP contribution in [0.2, 0.25) is 26.2 Å². The number of aliphatic hydroxyl groups is 1. The summed E-state index contributed by atoms with van der Waals surface area (Å²) in [6.07, 6.45) is 9.42. The van der Waals surface area contributed by atoms with Crippen LogP contribution in [0.5, 0.6) is 0 Å². The molecule has 0 spiro atoms. The van der Waals surface area contributed by atoms with Crippen molar-refractivity contribution in [1.29, 1.82) is 0 Å². The molecule has 0 heterocycles. The van der Waals surface area contributed by atoms with Crippen LogP contribution in [0.25, 0.3) is 5.57 Å². The summed E-state index contributed by atoms with van der Waals surface area (Å²) in [4.78, 5) is 0. The Morgan fingerprint density at radius 3 is 1.77 bits per heavy atom. The topological polar surface area (TPSA) is 38.7 Å². The van der Waals surface area contributed by atoms with E-state index in [0.29, 0.717) is 0 Å². The number of benzene rings is 2. The summed E-state index contributed by atoms with van der Waals surface area (Å²) in [5.41, 5.74) is 6.85. The molecule has 0 bridgehead atoms. The predicted molar refractivity (Wildman–Crippen MR) is 190 cm³/mol. The molecule has 2 rings (SSSR count). The lowest BCUT2D eigenvalue weighted by atomic mass is 9.77. The zero-order valence-corrected chi connectivity index (χ0v) is 31.5. The van der Waals surface area contributed by atoms with Gasteiger partial charge < -0.3 is 14.0 Å². The zero-order valence-electron chi connectivity index (χ0n) is 29.5. The summed E-state index contributed by atoms with van der Waals surface area (Å²) < 4.78 is 13.5. The Hall–Kier alpha value is -1.77. The van der Waals surface area contributed by atoms with Crippen LogP contribution < -0.4 is 0 Å². The average Bonchev–Trinajstić information content (AvgIpc) is 2.92. The first kappa shape index (κ1) is 37.4. The third kappa shape index (κ3) is 11.6. The van der Waals surface area contributed by atoms with Crippen LogP contribution in [-0.4, -0.2) is 28.8 Å². The maximum Gasteiger partial charge on any atom is 0.205 e. The molecule has 2 radical (unpaired) electrons. The Morgan fingerprint density at radius 1 is 0.767 bits per heavy atom. The SMILES string of the molecule is CCC(O)(C=CC=C(C)c1cccc(CCc2ccc(C(O[Si](C)C)C(C)(C)C)c(C(O[Si](C)C)C(C)(C)C)c2)c1)CC. The molecule has 0 aromatic heterocycles. The van der Waals surface area contributed by atoms with Gasteiger partial charge in [0.2, 0.25) is 18.1 Å². The van der Waals surface area contributed by atoms with Crippen molar-refractivity contribution in [3.63, 3.8) is 0 Å². The van der Waals surface area contributed by atoms with E-state index in [4.69, 9.17) is 8.85 Å². The van der Waals surface area contributed by atoms with Crippen molar-refractivity contribution < 1.29 is 14.0 Å². The second-order valence-electron chi connectivity index (χ2n) is 14.7. The lowest BCUT2D eigenvalue weighted by Gasteiger charge is -2.39. The third-order valence-electron chi connectivity index (χ3n) is 8.06. The first-order chi connectivity index (χ1) is 19.9. The highest BCUT2D eigenvalue weighted by Gasteiger charge is 2.36. The van der Waals surface area contributed by atoms with E-state index in [9.17, 15) is 5.11 Å². The van der Waals surface area contributed by atoms with Crippen molar-refractivity contribution in [2.75, 3.05) is 0 Å². The van der Waals surface area contributed by atoms with Gasteiger partial charge in [-0.3, -0.25) is 0 Å². The highest BCUT2D eigenvalue weighted by atomic mass is 28.3. The second kappa shape index (κ2) is 16.0. The van der Waals surface area contributed by atoms with Crippen molar-refractivity contribution in [3.8, 4) is 0 Å². The number of hydrogen-bond donors (Lipinski definition) is 1. The van der Waals surface area contributed by atoms with Gasteiger partial charge in [-0.05, 0) is 103 Å². The van der Waals surface area contributed by atoms with Crippen LogP contribution >= 0.6 is 0 Å². The van der Waals surface area contributed by atoms with Gasteiger partial charge in [0, 0.05) is 0 Å². The molecule has 2 atom stereocenters. The molecule has 2 aromatic carbocycles. The molecule has 2 unspecified atom stereocenters. The lowest BCUT2D eigenvalue weighted by Crippen LogP contribution is -2.31. The molecular weight excluding hydrogens is 561 g/mol. The summed E-state index contributed by atoms with van der Waals surface area (Å²) >= 11 is 0. The van der Waals surface area contributed by atoms with E-state index in [1.807, 2.05) is 26.0 Å². The summed E-state index contributed by atoms with van der Waals surface area (Å²) in [6, 6.07) is 15.9. The molecule has 0 amide bonds. The molecule has 0 aliphatic heterocycles. The van der Waals surface area contributed by atoms with Crippen LogP contribution in [0, 0.1) is 10.8 Å². The van der Waals surface area contributed by atoms with Crippen LogP contribution in [0.1, 0.15) is 115 Å². The smallest absolute Gasteiger partial charge is 0.205 e. The Labute approximate surface area is 268 Å². The molecule has 0 aliphatic carbocycles. The van der Waals surface area contributed by atoms with Crippen LogP contribution in [0.3, 0.4) is 0 Å². The Bertz CT molecular complexity index is 1210. The Balaban J connectivity index is 2.44. The fourth-order valence-electron chi connectivity index (χ4n) is 5.34. The van der Waals surface area contributed by atoms with Gasteiger partial charge in [-0.2, -0.15) is 0 Å². The summed E-state index contributed by atoms with van der Waals surface area (Å²) in [7, 11) is -1.82. The minimum absolute atomic E-state index is 0.00594. The lowest BCUT2D eigenvalue weighted by molar-refractivity contribution is 0.0655. The minimum Gasteiger partial charge on any atom is -0.410 e. The van der Waals surface area contributed by atoms with Crippen LogP contribution in [0.4, 0.5) is 0 Å². The van der Waals surface area contributed by atoms with Crippen molar-refractivity contribution in [2.24, 2.45) is 10.8 Å². The molecule has 0 fully saturated rings. The van der Waals surface area contributed by atoms with E-state index in [1.165, 1.54) is 33.4 Å². The number of hydrogen-bond acceptors (Lipinski definition) is 3. The fraction of sp³-hybridized carbons (Fsp3) is 0.579. The van der Waals surface area contributed by atoms with E-state index < -0.39 is 23.7 Å². The van der Waals surface area contributed by atoms with E-state index in [0.717, 1.165) is 25.7 Å². The summed E-state index contributed by atoms with van der Waals surface area (Å²) in [6.45, 7) is 28.9. The molecule has 2 aromatic rings. The van der Waals surface area contributed by atoms with E-state index in [-0.39, 0.29) is 23.0 Å². The Kier molecular flexibility index (Phi) is 13.9. The van der Waals surface area contributed by atoms with Gasteiger partial charge in [-0.15, -0.1) is 0 Å². The van der Waals surface area contributed by atoms with Gasteiger partial charge in [-0.1, -0.05) is 116 Å². The molecule has 0 saturated heterocycles. The highest BCUT2D eigenvalue weighted by Crippen LogP contribution is 2.45. The van der Waals surface area contributed by atoms with Crippen molar-refractivity contribution in [1.82, 2.24) is 0 Å². The molecule has 3 nitrogen and oxygen atoms in total. The monoisotopic (exact) mass is 620 g/mol. The molecule has 5 heteroatoms. The van der Waals surface area contributed by atoms with E-state index >= 15 is 0 Å². The normalized spacial score (nSPS) is 15.1. The molecule has 43 heavy (non-hydrogen) atoms. The predicted octanol–water partition coefficient (Wildman–Crippen LogP) is 10.7. The van der Waals surface area contributed by atoms with E-state index in [1.54, 1.807) is 0 Å². The maximum atomic E-state index is 10.6. The van der Waals surface area contributed by atoms with Crippen molar-refractivity contribution in [3.05, 3.63) is 88.5 Å². The van der Waals surface area contributed by atoms with Crippen LogP contribution in [-0.2, 0) is 21.7 Å². The highest BCUT2D eigenvalue weighted by molar-refractivity contribution is 6.48.